The minimum atomic E-state index is -0.340. The van der Waals surface area contributed by atoms with Gasteiger partial charge in [0.05, 0.1) is 0 Å². The zero-order valence-corrected chi connectivity index (χ0v) is 14.8. The van der Waals surface area contributed by atoms with Crippen LogP contribution >= 0.6 is 0 Å². The van der Waals surface area contributed by atoms with Crippen molar-refractivity contribution in [1.82, 2.24) is 5.32 Å². The van der Waals surface area contributed by atoms with Gasteiger partial charge >= 0.3 is 0 Å². The van der Waals surface area contributed by atoms with Crippen LogP contribution < -0.4 is 5.32 Å². The number of terminal acetylenes is 1. The standard InChI is InChI=1S/C20H29N3O/c1-3-4-6-20(22-23-20)7-5-18(24)21-14(2)19-11-15-8-16(12-19)10-17(9-15)13-19/h1,14-17H,4-13H2,2H3,(H,21,24). The Hall–Kier alpha value is -1.37. The molecule has 24 heavy (non-hydrogen) atoms. The average molecular weight is 327 g/mol. The van der Waals surface area contributed by atoms with Gasteiger partial charge in [-0.05, 0) is 68.6 Å². The molecule has 1 amide bonds. The lowest BCUT2D eigenvalue weighted by atomic mass is 9.48. The first kappa shape index (κ1) is 16.1. The van der Waals surface area contributed by atoms with Crippen molar-refractivity contribution in [2.24, 2.45) is 33.4 Å². The zero-order chi connectivity index (χ0) is 16.8. The number of nitrogens with one attached hydrogen (secondary N) is 1. The van der Waals surface area contributed by atoms with Gasteiger partial charge in [0, 0.05) is 31.7 Å². The van der Waals surface area contributed by atoms with Crippen LogP contribution in [0.5, 0.6) is 0 Å². The Labute approximate surface area is 145 Å². The molecule has 1 atom stereocenters. The third kappa shape index (κ3) is 2.98. The van der Waals surface area contributed by atoms with Gasteiger partial charge < -0.3 is 5.32 Å². The van der Waals surface area contributed by atoms with Crippen LogP contribution in [-0.2, 0) is 4.79 Å². The van der Waals surface area contributed by atoms with Gasteiger partial charge in [0.15, 0.2) is 5.66 Å². The maximum atomic E-state index is 12.5. The molecule has 0 spiro atoms. The Balaban J connectivity index is 1.29. The first-order chi connectivity index (χ1) is 11.5. The smallest absolute Gasteiger partial charge is 0.220 e. The average Bonchev–Trinajstić information content (AvgIpc) is 3.30. The number of rotatable bonds is 7. The van der Waals surface area contributed by atoms with Crippen LogP contribution in [0.25, 0.3) is 0 Å². The summed E-state index contributed by atoms with van der Waals surface area (Å²) in [6.07, 6.45) is 16.3. The van der Waals surface area contributed by atoms with Gasteiger partial charge in [-0.15, -0.1) is 12.3 Å². The zero-order valence-electron chi connectivity index (χ0n) is 14.8. The van der Waals surface area contributed by atoms with Crippen LogP contribution in [0.3, 0.4) is 0 Å². The van der Waals surface area contributed by atoms with Crippen LogP contribution in [0, 0.1) is 35.5 Å². The number of carbonyl (C=O) groups is 1. The summed E-state index contributed by atoms with van der Waals surface area (Å²) >= 11 is 0. The Bertz CT molecular complexity index is 547. The SMILES string of the molecule is C#CCCC1(CCC(=O)NC(C)C23CC4CC(CC(C4)C2)C3)N=N1. The van der Waals surface area contributed by atoms with Crippen LogP contribution in [0.15, 0.2) is 10.2 Å². The monoisotopic (exact) mass is 327 g/mol. The summed E-state index contributed by atoms with van der Waals surface area (Å²) in [6, 6.07) is 0.299. The second-order valence-electron chi connectivity index (χ2n) is 8.96. The fourth-order valence-corrected chi connectivity index (χ4v) is 6.16. The van der Waals surface area contributed by atoms with E-state index in [2.05, 4.69) is 28.4 Å². The molecular weight excluding hydrogens is 298 g/mol. The molecule has 1 N–H and O–H groups in total. The van der Waals surface area contributed by atoms with E-state index in [1.54, 1.807) is 0 Å². The molecule has 1 heterocycles. The van der Waals surface area contributed by atoms with Gasteiger partial charge in [-0.3, -0.25) is 4.79 Å². The van der Waals surface area contributed by atoms with E-state index < -0.39 is 0 Å². The highest BCUT2D eigenvalue weighted by molar-refractivity contribution is 5.76. The maximum Gasteiger partial charge on any atom is 0.220 e. The predicted molar refractivity (Wildman–Crippen MR) is 93.1 cm³/mol. The number of nitrogens with zero attached hydrogens (tertiary/aromatic N) is 2. The maximum absolute atomic E-state index is 12.5. The molecule has 0 aromatic carbocycles. The van der Waals surface area contributed by atoms with Gasteiger partial charge in [-0.25, -0.2) is 0 Å². The Morgan fingerprint density at radius 3 is 2.25 bits per heavy atom. The van der Waals surface area contributed by atoms with E-state index in [0.717, 1.165) is 24.2 Å². The summed E-state index contributed by atoms with van der Waals surface area (Å²) in [5, 5.41) is 11.6. The molecule has 130 valence electrons. The van der Waals surface area contributed by atoms with Crippen molar-refractivity contribution in [3.8, 4) is 12.3 Å². The number of hydrogen-bond acceptors (Lipinski definition) is 3. The third-order valence-corrected chi connectivity index (χ3v) is 7.19. The van der Waals surface area contributed by atoms with E-state index in [1.807, 2.05) is 0 Å². The molecule has 4 aliphatic carbocycles. The summed E-state index contributed by atoms with van der Waals surface area (Å²) in [6.45, 7) is 2.24. The molecule has 0 aromatic heterocycles. The van der Waals surface area contributed by atoms with Gasteiger partial charge in [0.25, 0.3) is 0 Å². The van der Waals surface area contributed by atoms with E-state index in [-0.39, 0.29) is 11.6 Å². The molecule has 5 aliphatic rings. The highest BCUT2D eigenvalue weighted by atomic mass is 16.1. The first-order valence-electron chi connectivity index (χ1n) is 9.69. The van der Waals surface area contributed by atoms with Crippen LogP contribution in [0.2, 0.25) is 0 Å². The molecule has 4 saturated carbocycles. The van der Waals surface area contributed by atoms with Crippen molar-refractivity contribution in [3.63, 3.8) is 0 Å². The van der Waals surface area contributed by atoms with E-state index in [1.165, 1.54) is 38.5 Å². The lowest BCUT2D eigenvalue weighted by Gasteiger charge is -2.59. The van der Waals surface area contributed by atoms with Crippen molar-refractivity contribution >= 4 is 5.91 Å². The molecule has 4 bridgehead atoms. The summed E-state index contributed by atoms with van der Waals surface area (Å²) in [7, 11) is 0. The normalized spacial score (nSPS) is 38.6. The summed E-state index contributed by atoms with van der Waals surface area (Å²) < 4.78 is 0. The molecule has 0 aromatic rings. The number of amides is 1. The van der Waals surface area contributed by atoms with E-state index >= 15 is 0 Å². The van der Waals surface area contributed by atoms with Gasteiger partial charge in [-0.2, -0.15) is 10.2 Å². The lowest BCUT2D eigenvalue weighted by molar-refractivity contribution is -0.126. The molecular formula is C20H29N3O. The molecule has 1 aliphatic heterocycles. The number of carbonyl (C=O) groups excluding carboxylic acids is 1. The fourth-order valence-electron chi connectivity index (χ4n) is 6.16. The largest absolute Gasteiger partial charge is 0.353 e. The molecule has 1 unspecified atom stereocenters. The summed E-state index contributed by atoms with van der Waals surface area (Å²) in [5.41, 5.74) is 0.0352. The van der Waals surface area contributed by atoms with Gasteiger partial charge in [0.2, 0.25) is 5.91 Å². The van der Waals surface area contributed by atoms with Gasteiger partial charge in [0.1, 0.15) is 0 Å². The second kappa shape index (κ2) is 5.86. The highest BCUT2D eigenvalue weighted by Crippen LogP contribution is 2.61. The quantitative estimate of drug-likeness (QED) is 0.704. The van der Waals surface area contributed by atoms with Gasteiger partial charge in [-0.1, -0.05) is 0 Å². The van der Waals surface area contributed by atoms with Crippen LogP contribution in [-0.4, -0.2) is 17.6 Å². The first-order valence-corrected chi connectivity index (χ1v) is 9.69. The molecule has 4 fully saturated rings. The fraction of sp³-hybridized carbons (Fsp3) is 0.850. The molecule has 4 nitrogen and oxygen atoms in total. The van der Waals surface area contributed by atoms with E-state index in [9.17, 15) is 4.79 Å². The Morgan fingerprint density at radius 1 is 1.17 bits per heavy atom. The summed E-state index contributed by atoms with van der Waals surface area (Å²) in [5.74, 6) is 5.57. The van der Waals surface area contributed by atoms with Crippen molar-refractivity contribution in [2.45, 2.75) is 82.8 Å². The number of hydrogen-bond donors (Lipinski definition) is 1. The van der Waals surface area contributed by atoms with Crippen LogP contribution in [0.1, 0.15) is 71.1 Å². The van der Waals surface area contributed by atoms with Crippen molar-refractivity contribution in [3.05, 3.63) is 0 Å². The predicted octanol–water partition coefficient (Wildman–Crippen LogP) is 4.06. The van der Waals surface area contributed by atoms with Crippen molar-refractivity contribution in [1.29, 1.82) is 0 Å². The Kier molecular flexibility index (Phi) is 3.94. The molecule has 0 radical (unpaired) electrons. The van der Waals surface area contributed by atoms with Crippen molar-refractivity contribution < 1.29 is 4.79 Å². The molecule has 5 rings (SSSR count). The minimum Gasteiger partial charge on any atom is -0.353 e. The highest BCUT2D eigenvalue weighted by Gasteiger charge is 2.53. The second-order valence-corrected chi connectivity index (χ2v) is 8.96. The van der Waals surface area contributed by atoms with Crippen LogP contribution in [0.4, 0.5) is 0 Å². The topological polar surface area (TPSA) is 53.8 Å². The lowest BCUT2D eigenvalue weighted by Crippen LogP contribution is -2.55. The summed E-state index contributed by atoms with van der Waals surface area (Å²) in [4.78, 5) is 12.5. The third-order valence-electron chi connectivity index (χ3n) is 7.19. The Morgan fingerprint density at radius 2 is 1.75 bits per heavy atom. The van der Waals surface area contributed by atoms with E-state index in [4.69, 9.17) is 6.42 Å². The minimum absolute atomic E-state index is 0.163. The van der Waals surface area contributed by atoms with Crippen molar-refractivity contribution in [2.75, 3.05) is 0 Å². The molecule has 0 saturated heterocycles. The molecule has 4 heteroatoms. The van der Waals surface area contributed by atoms with E-state index in [0.29, 0.717) is 30.7 Å².